The summed E-state index contributed by atoms with van der Waals surface area (Å²) in [7, 11) is 0. The number of carbonyl (C=O) groups is 1. The molecule has 0 aliphatic rings. The van der Waals surface area contributed by atoms with E-state index in [1.807, 2.05) is 35.0 Å². The van der Waals surface area contributed by atoms with Gasteiger partial charge >= 0.3 is 0 Å². The predicted octanol–water partition coefficient (Wildman–Crippen LogP) is 0.608. The first-order valence-electron chi connectivity index (χ1n) is 7.36. The number of aromatic nitrogens is 6. The van der Waals surface area contributed by atoms with Crippen LogP contribution in [-0.4, -0.2) is 42.2 Å². The zero-order valence-corrected chi connectivity index (χ0v) is 12.5. The molecule has 1 aromatic carbocycles. The summed E-state index contributed by atoms with van der Waals surface area (Å²) in [6.07, 6.45) is 8.20. The molecule has 0 spiro atoms. The van der Waals surface area contributed by atoms with Crippen LogP contribution in [0, 0.1) is 0 Å². The molecule has 0 unspecified atom stereocenters. The van der Waals surface area contributed by atoms with Crippen molar-refractivity contribution in [3.63, 3.8) is 0 Å². The van der Waals surface area contributed by atoms with E-state index in [0.29, 0.717) is 13.0 Å². The third-order valence-electron chi connectivity index (χ3n) is 3.39. The maximum Gasteiger partial charge on any atom is 0.224 e. The van der Waals surface area contributed by atoms with Gasteiger partial charge in [0.2, 0.25) is 5.91 Å². The number of benzene rings is 1. The first kappa shape index (κ1) is 14.9. The van der Waals surface area contributed by atoms with Crippen molar-refractivity contribution in [1.29, 1.82) is 0 Å². The van der Waals surface area contributed by atoms with Gasteiger partial charge in [-0.1, -0.05) is 12.1 Å². The molecule has 118 valence electrons. The van der Waals surface area contributed by atoms with Gasteiger partial charge in [-0.2, -0.15) is 0 Å². The number of tetrazole rings is 1. The lowest BCUT2D eigenvalue weighted by Gasteiger charge is -2.06. The van der Waals surface area contributed by atoms with Crippen LogP contribution >= 0.6 is 0 Å². The van der Waals surface area contributed by atoms with Crippen LogP contribution in [0.25, 0.3) is 5.69 Å². The Labute approximate surface area is 133 Å². The fraction of sp³-hybridized carbons (Fsp3) is 0.267. The number of rotatable bonds is 7. The van der Waals surface area contributed by atoms with Crippen LogP contribution in [-0.2, 0) is 17.8 Å². The summed E-state index contributed by atoms with van der Waals surface area (Å²) in [5, 5.41) is 13.9. The lowest BCUT2D eigenvalue weighted by Crippen LogP contribution is -2.26. The van der Waals surface area contributed by atoms with Gasteiger partial charge in [-0.25, -0.2) is 9.67 Å². The van der Waals surface area contributed by atoms with Gasteiger partial charge in [0.15, 0.2) is 0 Å². The summed E-state index contributed by atoms with van der Waals surface area (Å²) in [5.41, 5.74) is 1.81. The number of nitrogens with one attached hydrogen (secondary N) is 1. The number of amides is 1. The van der Waals surface area contributed by atoms with E-state index < -0.39 is 0 Å². The van der Waals surface area contributed by atoms with Gasteiger partial charge in [-0.05, 0) is 34.5 Å². The van der Waals surface area contributed by atoms with Crippen molar-refractivity contribution in [2.75, 3.05) is 6.54 Å². The maximum absolute atomic E-state index is 11.9. The van der Waals surface area contributed by atoms with E-state index in [9.17, 15) is 4.79 Å². The van der Waals surface area contributed by atoms with Gasteiger partial charge < -0.3 is 9.88 Å². The molecule has 1 N–H and O–H groups in total. The van der Waals surface area contributed by atoms with Crippen LogP contribution in [0.4, 0.5) is 0 Å². The highest BCUT2D eigenvalue weighted by atomic mass is 16.1. The molecule has 1 amide bonds. The topological polar surface area (TPSA) is 90.5 Å². The average molecular weight is 311 g/mol. The number of carbonyl (C=O) groups excluding carboxylic acids is 1. The Morgan fingerprint density at radius 1 is 1.17 bits per heavy atom. The van der Waals surface area contributed by atoms with E-state index in [1.165, 1.54) is 6.33 Å². The van der Waals surface area contributed by atoms with Gasteiger partial charge in [0.25, 0.3) is 0 Å². The van der Waals surface area contributed by atoms with Crippen LogP contribution < -0.4 is 5.32 Å². The van der Waals surface area contributed by atoms with Gasteiger partial charge in [0.05, 0.1) is 18.4 Å². The molecule has 0 aliphatic carbocycles. The number of nitrogens with zero attached hydrogens (tertiary/aromatic N) is 6. The minimum absolute atomic E-state index is 0.0193. The first-order chi connectivity index (χ1) is 11.3. The number of imidazole rings is 1. The lowest BCUT2D eigenvalue weighted by molar-refractivity contribution is -0.120. The highest BCUT2D eigenvalue weighted by molar-refractivity contribution is 5.78. The molecule has 8 nitrogen and oxygen atoms in total. The third kappa shape index (κ3) is 4.22. The summed E-state index contributed by atoms with van der Waals surface area (Å²) in [4.78, 5) is 15.9. The maximum atomic E-state index is 11.9. The van der Waals surface area contributed by atoms with E-state index >= 15 is 0 Å². The van der Waals surface area contributed by atoms with Crippen molar-refractivity contribution in [2.45, 2.75) is 19.4 Å². The summed E-state index contributed by atoms with van der Waals surface area (Å²) >= 11 is 0. The van der Waals surface area contributed by atoms with Crippen molar-refractivity contribution in [3.05, 3.63) is 54.9 Å². The predicted molar refractivity (Wildman–Crippen MR) is 82.7 cm³/mol. The van der Waals surface area contributed by atoms with Gasteiger partial charge in [-0.15, -0.1) is 5.10 Å². The van der Waals surface area contributed by atoms with Crippen molar-refractivity contribution in [3.8, 4) is 5.69 Å². The number of hydrogen-bond acceptors (Lipinski definition) is 5. The summed E-state index contributed by atoms with van der Waals surface area (Å²) in [6, 6.07) is 7.58. The number of aryl methyl sites for hydroxylation is 1. The smallest absolute Gasteiger partial charge is 0.224 e. The Bertz CT molecular complexity index is 720. The van der Waals surface area contributed by atoms with Crippen LogP contribution in [0.3, 0.4) is 0 Å². The molecule has 0 saturated heterocycles. The Balaban J connectivity index is 1.42. The molecular formula is C15H17N7O. The largest absolute Gasteiger partial charge is 0.356 e. The molecule has 0 saturated carbocycles. The SMILES string of the molecule is O=C(Cc1ccc(-n2cnnn2)cc1)NCCCn1ccnc1. The van der Waals surface area contributed by atoms with Crippen molar-refractivity contribution >= 4 is 5.91 Å². The molecule has 0 bridgehead atoms. The molecule has 0 radical (unpaired) electrons. The van der Waals surface area contributed by atoms with Crippen LogP contribution in [0.5, 0.6) is 0 Å². The van der Waals surface area contributed by atoms with E-state index in [2.05, 4.69) is 25.8 Å². The third-order valence-corrected chi connectivity index (χ3v) is 3.39. The fourth-order valence-corrected chi connectivity index (χ4v) is 2.20. The van der Waals surface area contributed by atoms with E-state index in [4.69, 9.17) is 0 Å². The van der Waals surface area contributed by atoms with Gasteiger partial charge in [0, 0.05) is 25.5 Å². The molecule has 8 heteroatoms. The monoisotopic (exact) mass is 311 g/mol. The van der Waals surface area contributed by atoms with Gasteiger partial charge in [-0.3, -0.25) is 4.79 Å². The van der Waals surface area contributed by atoms with Crippen LogP contribution in [0.15, 0.2) is 49.3 Å². The average Bonchev–Trinajstić information content (AvgIpc) is 3.26. The second-order valence-corrected chi connectivity index (χ2v) is 5.10. The molecule has 2 heterocycles. The summed E-state index contributed by atoms with van der Waals surface area (Å²) in [5.74, 6) is 0.0193. The van der Waals surface area contributed by atoms with Crippen LogP contribution in [0.2, 0.25) is 0 Å². The standard InChI is InChI=1S/C15H17N7O/c23-15(17-6-1-8-21-9-7-16-11-21)10-13-2-4-14(5-3-13)22-12-18-19-20-22/h2-5,7,9,11-12H,1,6,8,10H2,(H,17,23). The molecule has 0 atom stereocenters. The molecule has 2 aromatic heterocycles. The van der Waals surface area contributed by atoms with E-state index in [-0.39, 0.29) is 5.91 Å². The molecule has 3 rings (SSSR count). The summed E-state index contributed by atoms with van der Waals surface area (Å²) in [6.45, 7) is 1.50. The van der Waals surface area contributed by atoms with Gasteiger partial charge in [0.1, 0.15) is 6.33 Å². The van der Waals surface area contributed by atoms with Crippen molar-refractivity contribution in [2.24, 2.45) is 0 Å². The summed E-state index contributed by atoms with van der Waals surface area (Å²) < 4.78 is 3.56. The van der Waals surface area contributed by atoms with Crippen molar-refractivity contribution in [1.82, 2.24) is 35.1 Å². The number of hydrogen-bond donors (Lipinski definition) is 1. The molecule has 3 aromatic rings. The highest BCUT2D eigenvalue weighted by Crippen LogP contribution is 2.08. The molecule has 0 fully saturated rings. The van der Waals surface area contributed by atoms with Crippen LogP contribution in [0.1, 0.15) is 12.0 Å². The fourth-order valence-electron chi connectivity index (χ4n) is 2.20. The second kappa shape index (κ2) is 7.30. The Kier molecular flexibility index (Phi) is 4.72. The van der Waals surface area contributed by atoms with E-state index in [0.717, 1.165) is 24.2 Å². The molecule has 23 heavy (non-hydrogen) atoms. The minimum atomic E-state index is 0.0193. The Hall–Kier alpha value is -3.03. The van der Waals surface area contributed by atoms with E-state index in [1.54, 1.807) is 17.2 Å². The zero-order valence-electron chi connectivity index (χ0n) is 12.5. The van der Waals surface area contributed by atoms with Crippen molar-refractivity contribution < 1.29 is 4.79 Å². The molecule has 0 aliphatic heterocycles. The minimum Gasteiger partial charge on any atom is -0.356 e. The lowest BCUT2D eigenvalue weighted by atomic mass is 10.1. The highest BCUT2D eigenvalue weighted by Gasteiger charge is 2.04. The second-order valence-electron chi connectivity index (χ2n) is 5.10. The normalized spacial score (nSPS) is 10.6. The zero-order chi connectivity index (χ0) is 15.9. The molecular weight excluding hydrogens is 294 g/mol. The quantitative estimate of drug-likeness (QED) is 0.646. The Morgan fingerprint density at radius 3 is 2.74 bits per heavy atom. The Morgan fingerprint density at radius 2 is 2.04 bits per heavy atom. The first-order valence-corrected chi connectivity index (χ1v) is 7.36.